The summed E-state index contributed by atoms with van der Waals surface area (Å²) < 4.78 is 34.1. The van der Waals surface area contributed by atoms with Gasteiger partial charge in [0, 0.05) is 73.7 Å². The van der Waals surface area contributed by atoms with Crippen molar-refractivity contribution in [3.8, 4) is 33.6 Å². The van der Waals surface area contributed by atoms with Crippen LogP contribution in [0.3, 0.4) is 0 Å². The highest BCUT2D eigenvalue weighted by Gasteiger charge is 2.32. The largest absolute Gasteiger partial charge is 1.00 e. The topological polar surface area (TPSA) is 43.7 Å². The molecule has 356 valence electrons. The lowest BCUT2D eigenvalue weighted by molar-refractivity contribution is -0.666. The van der Waals surface area contributed by atoms with Crippen molar-refractivity contribution in [2.24, 2.45) is 0 Å². The lowest BCUT2D eigenvalue weighted by Gasteiger charge is -2.32. The number of pyridine rings is 1. The third-order valence-electron chi connectivity index (χ3n) is 12.6. The van der Waals surface area contributed by atoms with E-state index in [1.54, 1.807) is 11.3 Å². The number of benzene rings is 6. The molecule has 4 heterocycles. The molecule has 5 nitrogen and oxygen atoms in total. The first-order valence-corrected chi connectivity index (χ1v) is 25.0. The number of hydrogen-bond donors (Lipinski definition) is 2. The predicted octanol–water partition coefficient (Wildman–Crippen LogP) is 11.5. The van der Waals surface area contributed by atoms with Crippen LogP contribution in [0.4, 0.5) is 18.6 Å². The molecule has 0 radical (unpaired) electrons. The second kappa shape index (κ2) is 24.4. The molecule has 0 spiro atoms. The Balaban J connectivity index is 0.000000190. The van der Waals surface area contributed by atoms with Crippen molar-refractivity contribution in [2.45, 2.75) is 63.9 Å². The second-order valence-electron chi connectivity index (χ2n) is 17.9. The molecule has 0 unspecified atom stereocenters. The van der Waals surface area contributed by atoms with E-state index in [2.05, 4.69) is 202 Å². The number of halogens is 4. The van der Waals surface area contributed by atoms with Gasteiger partial charge >= 0.3 is 7.54 Å². The first kappa shape index (κ1) is 51.4. The predicted molar refractivity (Wildman–Crippen MR) is 283 cm³/mol. The van der Waals surface area contributed by atoms with Crippen molar-refractivity contribution in [1.82, 2.24) is 10.2 Å². The molecule has 12 heteroatoms. The Hall–Kier alpha value is -6.46. The summed E-state index contributed by atoms with van der Waals surface area (Å²) in [7, 11) is -3.67. The summed E-state index contributed by atoms with van der Waals surface area (Å²) in [6.07, 6.45) is 2.64. The van der Waals surface area contributed by atoms with E-state index in [4.69, 9.17) is 6.57 Å². The van der Waals surface area contributed by atoms with E-state index in [1.165, 1.54) is 64.9 Å². The van der Waals surface area contributed by atoms with Crippen molar-refractivity contribution < 1.29 is 27.3 Å². The van der Waals surface area contributed by atoms with E-state index in [-0.39, 0.29) is 16.3 Å². The molecule has 6 aromatic carbocycles. The number of hydrogen-bond acceptors (Lipinski definition) is 5. The Labute approximate surface area is 416 Å². The quantitative estimate of drug-likeness (QED) is 0.0524. The maximum absolute atomic E-state index is 11.0. The average molecular weight is 975 g/mol. The third kappa shape index (κ3) is 13.2. The second-order valence-corrected chi connectivity index (χ2v) is 19.8. The van der Waals surface area contributed by atoms with E-state index < -0.39 is 13.6 Å². The lowest BCUT2D eigenvalue weighted by Crippen LogP contribution is -3.00. The molecule has 0 saturated carbocycles. The molecule has 70 heavy (non-hydrogen) atoms. The van der Waals surface area contributed by atoms with Gasteiger partial charge in [-0.05, 0) is 109 Å². The van der Waals surface area contributed by atoms with Gasteiger partial charge in [-0.15, -0.1) is 22.7 Å². The van der Waals surface area contributed by atoms with Crippen LogP contribution in [0.15, 0.2) is 187 Å². The van der Waals surface area contributed by atoms with Crippen LogP contribution in [0.5, 0.6) is 0 Å². The van der Waals surface area contributed by atoms with Gasteiger partial charge in [0.25, 0.3) is 0 Å². The van der Waals surface area contributed by atoms with Crippen LogP contribution in [0.1, 0.15) is 43.4 Å². The average Bonchev–Trinajstić information content (AvgIpc) is 4.13. The van der Waals surface area contributed by atoms with Gasteiger partial charge in [0.15, 0.2) is 12.2 Å². The Kier molecular flexibility index (Phi) is 17.9. The first-order valence-electron chi connectivity index (χ1n) is 23.3. The molecule has 0 aliphatic carbocycles. The number of nitrogens with zero attached hydrogens (tertiary/aromatic N) is 3. The van der Waals surface area contributed by atoms with Crippen molar-refractivity contribution in [3.63, 3.8) is 0 Å². The number of nitrogens with one attached hydrogen (secondary N) is 1. The van der Waals surface area contributed by atoms with Crippen LogP contribution < -0.4 is 14.6 Å². The van der Waals surface area contributed by atoms with Crippen molar-refractivity contribution in [2.75, 3.05) is 13.1 Å². The number of fused-ring (bicyclic) bond motifs is 2. The van der Waals surface area contributed by atoms with Crippen LogP contribution in [-0.4, -0.2) is 48.3 Å². The molecule has 10 rings (SSSR count). The normalized spacial score (nSPS) is 13.9. The first-order chi connectivity index (χ1) is 33.5. The van der Waals surface area contributed by atoms with E-state index in [0.717, 1.165) is 44.5 Å². The maximum atomic E-state index is 11.0. The highest BCUT2D eigenvalue weighted by molar-refractivity contribution is 7.17. The minimum Gasteiger partial charge on any atom is -1.00 e. The Bertz CT molecular complexity index is 3040. The van der Waals surface area contributed by atoms with Crippen LogP contribution in [0.2, 0.25) is 0 Å². The molecule has 1 aliphatic rings. The maximum Gasteiger partial charge on any atom is 0.762 e. The molecule has 9 aromatic rings. The third-order valence-corrected chi connectivity index (χ3v) is 14.6. The van der Waals surface area contributed by atoms with Gasteiger partial charge < -0.3 is 15.1 Å². The van der Waals surface area contributed by atoms with E-state index in [0.29, 0.717) is 12.2 Å². The molecular formula is C58H55BF4N4OS2. The summed E-state index contributed by atoms with van der Waals surface area (Å²) in [6, 6.07) is 62.1. The van der Waals surface area contributed by atoms with E-state index in [1.807, 2.05) is 29.5 Å². The lowest BCUT2D eigenvalue weighted by atomic mass is 9.94. The monoisotopic (exact) mass is 974 g/mol. The summed E-state index contributed by atoms with van der Waals surface area (Å²) in [5.74, 6) is 0. The molecule has 1 aliphatic heterocycles. The minimum atomic E-state index is -3.67. The number of β-amino-alcohol motifs (C(OH)–C–C–N with tert-alkyl or cyclic N) is 1. The smallest absolute Gasteiger partial charge is 0.762 e. The van der Waals surface area contributed by atoms with Gasteiger partial charge in [-0.3, -0.25) is 17.8 Å². The minimum absolute atomic E-state index is 0. The van der Waals surface area contributed by atoms with Crippen molar-refractivity contribution in [3.05, 3.63) is 215 Å². The van der Waals surface area contributed by atoms with Gasteiger partial charge in [-0.2, -0.15) is 4.57 Å². The Morgan fingerprint density at radius 3 is 1.79 bits per heavy atom. The summed E-state index contributed by atoms with van der Waals surface area (Å²) in [5.41, 5.74) is 11.8. The van der Waals surface area contributed by atoms with Crippen molar-refractivity contribution >= 4 is 56.1 Å². The van der Waals surface area contributed by atoms with Gasteiger partial charge in [-0.1, -0.05) is 127 Å². The van der Waals surface area contributed by atoms with Crippen LogP contribution in [-0.2, 0) is 19.5 Å². The standard InChI is InChI=1S/C32H24NS.C26H31N3OS.BF3.FH/c1-4-12-24(13-5-1)27-20-30(25-14-6-2-7-15-25)33(31(21-27)26-16-8-3-9-17-26)22-28-23-34-32-19-11-10-18-29(28)32;1-26(2,15-20-18-31-25-12-5-4-10-22(20)25)28-16-24(30)23-11-7-13-29(23)17-19-8-6-9-21(14-19)27-3;2-1(3)4;/h1-21,23H,22H2;4-6,8-10,12,14,18,23-24,28,30H,7,11,13,15-17H2,1-2H3;;1H/q+1;;;/p-1/t;23-,24-;;/m.1../s1. The number of aliphatic hydroxyl groups excluding tert-OH is 1. The molecule has 1 saturated heterocycles. The molecule has 2 atom stereocenters. The summed E-state index contributed by atoms with van der Waals surface area (Å²) in [6.45, 7) is 14.8. The highest BCUT2D eigenvalue weighted by atomic mass is 32.1. The fourth-order valence-corrected chi connectivity index (χ4v) is 11.2. The summed E-state index contributed by atoms with van der Waals surface area (Å²) in [4.78, 5) is 5.91. The van der Waals surface area contributed by atoms with E-state index >= 15 is 0 Å². The summed E-state index contributed by atoms with van der Waals surface area (Å²) >= 11 is 3.62. The molecule has 1 fully saturated rings. The van der Waals surface area contributed by atoms with E-state index in [9.17, 15) is 18.1 Å². The number of aromatic nitrogens is 1. The summed E-state index contributed by atoms with van der Waals surface area (Å²) in [5, 5.41) is 21.9. The highest BCUT2D eigenvalue weighted by Crippen LogP contribution is 2.33. The van der Waals surface area contributed by atoms with Gasteiger partial charge in [0.2, 0.25) is 11.4 Å². The number of thiophene rings is 2. The molecule has 3 aromatic heterocycles. The zero-order chi connectivity index (χ0) is 48.2. The fraction of sp³-hybridized carbons (Fsp3) is 0.207. The molecule has 0 bridgehead atoms. The van der Waals surface area contributed by atoms with Gasteiger partial charge in [-0.25, -0.2) is 4.85 Å². The number of aliphatic hydroxyl groups is 1. The molecule has 0 amide bonds. The SMILES string of the molecule is FB(F)F.[C-]#[N+]c1cccc(CN2CCC[C@@H]2[C@H](O)CNC(C)(C)Cc2csc3ccccc23)c1.[F-].c1ccc(-c2cc(-c3ccccc3)[n+](Cc3csc4ccccc34)c(-c3ccccc3)c2)cc1. The zero-order valence-corrected chi connectivity index (χ0v) is 40.8. The zero-order valence-electron chi connectivity index (χ0n) is 39.2. The number of rotatable bonds is 13. The van der Waals surface area contributed by atoms with Gasteiger partial charge in [0.05, 0.1) is 12.7 Å². The molecular weight excluding hydrogens is 920 g/mol. The van der Waals surface area contributed by atoms with Crippen LogP contribution in [0.25, 0.3) is 58.7 Å². The van der Waals surface area contributed by atoms with Crippen LogP contribution >= 0.6 is 22.7 Å². The van der Waals surface area contributed by atoms with Crippen molar-refractivity contribution in [1.29, 1.82) is 0 Å². The fourth-order valence-electron chi connectivity index (χ4n) is 9.28. The molecule has 2 N–H and O–H groups in total. The van der Waals surface area contributed by atoms with Gasteiger partial charge in [0.1, 0.15) is 0 Å². The Morgan fingerprint density at radius 2 is 1.21 bits per heavy atom. The number of likely N-dealkylation sites (tertiary alicyclic amines) is 1. The van der Waals surface area contributed by atoms with Crippen LogP contribution in [0, 0.1) is 6.57 Å². The Morgan fingerprint density at radius 1 is 0.700 bits per heavy atom.